The van der Waals surface area contributed by atoms with E-state index in [4.69, 9.17) is 0 Å². The Hall–Kier alpha value is -0.0800. The molecule has 3 fully saturated rings. The fourth-order valence-electron chi connectivity index (χ4n) is 4.23. The zero-order valence-electron chi connectivity index (χ0n) is 10.5. The zero-order valence-corrected chi connectivity index (χ0v) is 10.5. The van der Waals surface area contributed by atoms with E-state index in [2.05, 4.69) is 10.2 Å². The Morgan fingerprint density at radius 1 is 0.875 bits per heavy atom. The topological polar surface area (TPSA) is 15.3 Å². The number of rotatable bonds is 1. The van der Waals surface area contributed by atoms with Crippen molar-refractivity contribution in [2.24, 2.45) is 5.92 Å². The average molecular weight is 222 g/mol. The predicted octanol–water partition coefficient (Wildman–Crippen LogP) is 2.39. The minimum atomic E-state index is 0.855. The molecule has 2 heteroatoms. The first-order valence-corrected chi connectivity index (χ1v) is 7.41. The first-order chi connectivity index (χ1) is 7.95. The largest absolute Gasteiger partial charge is 0.315 e. The Kier molecular flexibility index (Phi) is 3.49. The molecule has 1 saturated carbocycles. The van der Waals surface area contributed by atoms with E-state index in [1.807, 2.05) is 0 Å². The fraction of sp³-hybridized carbons (Fsp3) is 1.00. The van der Waals surface area contributed by atoms with Gasteiger partial charge < -0.3 is 5.32 Å². The van der Waals surface area contributed by atoms with E-state index >= 15 is 0 Å². The molecule has 1 aliphatic carbocycles. The molecule has 92 valence electrons. The summed E-state index contributed by atoms with van der Waals surface area (Å²) in [7, 11) is 0. The summed E-state index contributed by atoms with van der Waals surface area (Å²) < 4.78 is 0. The molecule has 0 aromatic heterocycles. The Morgan fingerprint density at radius 3 is 2.81 bits per heavy atom. The molecule has 0 radical (unpaired) electrons. The smallest absolute Gasteiger partial charge is 0.0223 e. The van der Waals surface area contributed by atoms with Gasteiger partial charge in [0.05, 0.1) is 0 Å². The van der Waals surface area contributed by atoms with Gasteiger partial charge in [-0.15, -0.1) is 0 Å². The van der Waals surface area contributed by atoms with Crippen molar-refractivity contribution in [1.82, 2.24) is 10.2 Å². The maximum absolute atomic E-state index is 3.63. The summed E-state index contributed by atoms with van der Waals surface area (Å²) in [6.45, 7) is 3.88. The van der Waals surface area contributed by atoms with Gasteiger partial charge in [-0.2, -0.15) is 0 Å². The van der Waals surface area contributed by atoms with Crippen LogP contribution in [0.4, 0.5) is 0 Å². The number of likely N-dealkylation sites (tertiary alicyclic amines) is 1. The van der Waals surface area contributed by atoms with Gasteiger partial charge in [0.2, 0.25) is 0 Å². The lowest BCUT2D eigenvalue weighted by Crippen LogP contribution is -2.51. The predicted molar refractivity (Wildman–Crippen MR) is 67.6 cm³/mol. The van der Waals surface area contributed by atoms with E-state index in [-0.39, 0.29) is 0 Å². The van der Waals surface area contributed by atoms with E-state index in [0.29, 0.717) is 0 Å². The maximum Gasteiger partial charge on any atom is 0.0223 e. The van der Waals surface area contributed by atoms with Crippen molar-refractivity contribution in [3.05, 3.63) is 0 Å². The molecule has 2 saturated heterocycles. The quantitative estimate of drug-likeness (QED) is 0.733. The summed E-state index contributed by atoms with van der Waals surface area (Å²) in [6, 6.07) is 1.81. The molecule has 3 unspecified atom stereocenters. The lowest BCUT2D eigenvalue weighted by Gasteiger charge is -2.42. The molecule has 16 heavy (non-hydrogen) atoms. The summed E-state index contributed by atoms with van der Waals surface area (Å²) in [4.78, 5) is 2.89. The first kappa shape index (κ1) is 11.0. The van der Waals surface area contributed by atoms with Crippen LogP contribution >= 0.6 is 0 Å². The number of piperidine rings is 1. The highest BCUT2D eigenvalue weighted by molar-refractivity contribution is 4.93. The van der Waals surface area contributed by atoms with Crippen molar-refractivity contribution in [3.8, 4) is 0 Å². The van der Waals surface area contributed by atoms with Crippen LogP contribution in [-0.2, 0) is 0 Å². The number of hydrogen-bond donors (Lipinski definition) is 1. The van der Waals surface area contributed by atoms with Gasteiger partial charge in [0.1, 0.15) is 0 Å². The monoisotopic (exact) mass is 222 g/mol. The van der Waals surface area contributed by atoms with Gasteiger partial charge in [0.15, 0.2) is 0 Å². The zero-order chi connectivity index (χ0) is 10.8. The first-order valence-electron chi connectivity index (χ1n) is 7.41. The van der Waals surface area contributed by atoms with Crippen LogP contribution in [0.15, 0.2) is 0 Å². The van der Waals surface area contributed by atoms with E-state index in [1.54, 1.807) is 0 Å². The molecule has 3 rings (SSSR count). The SMILES string of the molecule is C1CCC(N2CCCC3CCCC32)CNC1. The van der Waals surface area contributed by atoms with Crippen LogP contribution < -0.4 is 5.32 Å². The molecule has 1 N–H and O–H groups in total. The number of nitrogens with one attached hydrogen (secondary N) is 1. The lowest BCUT2D eigenvalue weighted by molar-refractivity contribution is 0.0649. The van der Waals surface area contributed by atoms with E-state index in [1.165, 1.54) is 71.0 Å². The second-order valence-electron chi connectivity index (χ2n) is 5.99. The number of hydrogen-bond acceptors (Lipinski definition) is 2. The van der Waals surface area contributed by atoms with Gasteiger partial charge in [-0.25, -0.2) is 0 Å². The third kappa shape index (κ3) is 2.14. The molecular weight excluding hydrogens is 196 g/mol. The minimum absolute atomic E-state index is 0.855. The van der Waals surface area contributed by atoms with Crippen LogP contribution in [-0.4, -0.2) is 36.6 Å². The van der Waals surface area contributed by atoms with Crippen LogP contribution in [0.1, 0.15) is 51.4 Å². The molecule has 0 amide bonds. The van der Waals surface area contributed by atoms with Crippen molar-refractivity contribution in [2.75, 3.05) is 19.6 Å². The molecule has 3 aliphatic rings. The summed E-state index contributed by atoms with van der Waals surface area (Å²) in [5.41, 5.74) is 0. The Bertz CT molecular complexity index is 221. The molecule has 2 aliphatic heterocycles. The van der Waals surface area contributed by atoms with Gasteiger partial charge in [0, 0.05) is 18.6 Å². The third-order valence-electron chi connectivity index (χ3n) is 5.03. The standard InChI is InChI=1S/C14H26N2/c1-2-9-15-11-13(7-1)16-10-4-6-12-5-3-8-14(12)16/h12-15H,1-11H2. The molecule has 2 heterocycles. The highest BCUT2D eigenvalue weighted by Gasteiger charge is 2.37. The molecule has 3 atom stereocenters. The van der Waals surface area contributed by atoms with Crippen molar-refractivity contribution in [3.63, 3.8) is 0 Å². The van der Waals surface area contributed by atoms with Crippen molar-refractivity contribution < 1.29 is 0 Å². The van der Waals surface area contributed by atoms with Crippen molar-refractivity contribution >= 4 is 0 Å². The summed E-state index contributed by atoms with van der Waals surface area (Å²) in [5, 5.41) is 3.63. The van der Waals surface area contributed by atoms with E-state index < -0.39 is 0 Å². The van der Waals surface area contributed by atoms with Gasteiger partial charge >= 0.3 is 0 Å². The van der Waals surface area contributed by atoms with Gasteiger partial charge in [-0.3, -0.25) is 4.90 Å². The third-order valence-corrected chi connectivity index (χ3v) is 5.03. The van der Waals surface area contributed by atoms with Crippen LogP contribution in [0, 0.1) is 5.92 Å². The normalized spacial score (nSPS) is 41.6. The van der Waals surface area contributed by atoms with E-state index in [0.717, 1.165) is 18.0 Å². The van der Waals surface area contributed by atoms with Crippen LogP contribution in [0.2, 0.25) is 0 Å². The second kappa shape index (κ2) is 5.05. The number of fused-ring (bicyclic) bond motifs is 1. The van der Waals surface area contributed by atoms with Crippen LogP contribution in [0.25, 0.3) is 0 Å². The average Bonchev–Trinajstić information content (AvgIpc) is 2.63. The Labute approximate surface area is 99.8 Å². The molecule has 0 bridgehead atoms. The molecular formula is C14H26N2. The fourth-order valence-corrected chi connectivity index (χ4v) is 4.23. The van der Waals surface area contributed by atoms with Crippen LogP contribution in [0.3, 0.4) is 0 Å². The Balaban J connectivity index is 1.66. The molecule has 0 aromatic carbocycles. The highest BCUT2D eigenvalue weighted by atomic mass is 15.2. The number of nitrogens with zero attached hydrogens (tertiary/aromatic N) is 1. The van der Waals surface area contributed by atoms with Crippen LogP contribution in [0.5, 0.6) is 0 Å². The maximum atomic E-state index is 3.63. The van der Waals surface area contributed by atoms with Crippen molar-refractivity contribution in [1.29, 1.82) is 0 Å². The van der Waals surface area contributed by atoms with Gasteiger partial charge in [-0.05, 0) is 57.5 Å². The molecule has 2 nitrogen and oxygen atoms in total. The second-order valence-corrected chi connectivity index (χ2v) is 5.99. The van der Waals surface area contributed by atoms with Gasteiger partial charge in [0.25, 0.3) is 0 Å². The molecule has 0 aromatic rings. The molecule has 0 spiro atoms. The summed E-state index contributed by atoms with van der Waals surface area (Å²) >= 11 is 0. The summed E-state index contributed by atoms with van der Waals surface area (Å²) in [6.07, 6.45) is 11.7. The minimum Gasteiger partial charge on any atom is -0.315 e. The lowest BCUT2D eigenvalue weighted by atomic mass is 9.90. The van der Waals surface area contributed by atoms with Gasteiger partial charge in [-0.1, -0.05) is 12.8 Å². The van der Waals surface area contributed by atoms with Crippen molar-refractivity contribution in [2.45, 2.75) is 63.5 Å². The highest BCUT2D eigenvalue weighted by Crippen LogP contribution is 2.38. The Morgan fingerprint density at radius 2 is 1.81 bits per heavy atom. The summed E-state index contributed by atoms with van der Waals surface area (Å²) in [5.74, 6) is 1.05. The van der Waals surface area contributed by atoms with E-state index in [9.17, 15) is 0 Å².